The molecule has 2 N–H and O–H groups in total. The fraction of sp³-hybridized carbons (Fsp3) is 0.533. The number of fused-ring (bicyclic) bond motifs is 2. The molecule has 0 aliphatic carbocycles. The Morgan fingerprint density at radius 3 is 2.68 bits per heavy atom. The van der Waals surface area contributed by atoms with Crippen LogP contribution in [0, 0.1) is 18.8 Å². The molecule has 1 aromatic carbocycles. The zero-order valence-corrected chi connectivity index (χ0v) is 24.2. The predicted molar refractivity (Wildman–Crippen MR) is 151 cm³/mol. The molecule has 1 spiro atoms. The lowest BCUT2D eigenvalue weighted by molar-refractivity contribution is -0.159. The Morgan fingerprint density at radius 2 is 1.98 bits per heavy atom. The van der Waals surface area contributed by atoms with Gasteiger partial charge in [-0.15, -0.1) is 0 Å². The molecule has 2 fully saturated rings. The molecule has 4 aliphatic rings. The van der Waals surface area contributed by atoms with Gasteiger partial charge in [-0.2, -0.15) is 0 Å². The standard InChI is InChI=1S/C30H36ClN3O7/c1-4-19(16-35)34-26-28(38)33(25-17(2)9-8-10-20(25)31)14-7-5-6-11-22(36)32-15-18(3)40-29(39)23-21-12-13-30(26,41-21)24(23)27(34)37/h5,7-10,12-13,18-19,21,23-24,26,35H,4,6,11,14-16H2,1-3H3,(H,32,36)/b7-5-/t18-,19-,21+,23-,24-,26+,30-/m0/s1. The van der Waals surface area contributed by atoms with Crippen molar-refractivity contribution in [3.05, 3.63) is 53.1 Å². The number of hydrogen-bond donors (Lipinski definition) is 2. The normalized spacial score (nSPS) is 33.5. The van der Waals surface area contributed by atoms with E-state index in [4.69, 9.17) is 21.1 Å². The number of amides is 3. The summed E-state index contributed by atoms with van der Waals surface area (Å²) < 4.78 is 12.1. The summed E-state index contributed by atoms with van der Waals surface area (Å²) in [7, 11) is 0. The van der Waals surface area contributed by atoms with Crippen LogP contribution in [0.25, 0.3) is 0 Å². The molecule has 0 unspecified atom stereocenters. The van der Waals surface area contributed by atoms with Crippen LogP contribution in [0.2, 0.25) is 5.02 Å². The second kappa shape index (κ2) is 11.6. The zero-order chi connectivity index (χ0) is 29.5. The summed E-state index contributed by atoms with van der Waals surface area (Å²) in [6.07, 6.45) is 6.71. The van der Waals surface area contributed by atoms with Crippen molar-refractivity contribution in [2.24, 2.45) is 11.8 Å². The molecule has 11 heteroatoms. The highest BCUT2D eigenvalue weighted by molar-refractivity contribution is 6.34. The molecule has 2 saturated heterocycles. The molecule has 10 nitrogen and oxygen atoms in total. The minimum atomic E-state index is -1.42. The molecule has 41 heavy (non-hydrogen) atoms. The van der Waals surface area contributed by atoms with Crippen LogP contribution in [-0.4, -0.2) is 83.3 Å². The number of benzene rings is 1. The number of allylic oxidation sites excluding steroid dienone is 1. The lowest BCUT2D eigenvalue weighted by Gasteiger charge is -2.39. The molecule has 220 valence electrons. The first-order chi connectivity index (χ1) is 19.6. The van der Waals surface area contributed by atoms with E-state index in [1.165, 1.54) is 9.80 Å². The van der Waals surface area contributed by atoms with E-state index in [1.54, 1.807) is 37.3 Å². The van der Waals surface area contributed by atoms with Crippen molar-refractivity contribution in [2.75, 3.05) is 24.6 Å². The van der Waals surface area contributed by atoms with E-state index in [-0.39, 0.29) is 32.0 Å². The summed E-state index contributed by atoms with van der Waals surface area (Å²) in [5, 5.41) is 13.4. The zero-order valence-electron chi connectivity index (χ0n) is 23.4. The topological polar surface area (TPSA) is 125 Å². The molecular weight excluding hydrogens is 550 g/mol. The van der Waals surface area contributed by atoms with Crippen LogP contribution in [0.4, 0.5) is 5.69 Å². The first-order valence-corrected chi connectivity index (χ1v) is 14.5. The molecule has 0 saturated carbocycles. The average molecular weight is 586 g/mol. The maximum Gasteiger partial charge on any atom is 0.313 e. The van der Waals surface area contributed by atoms with E-state index >= 15 is 0 Å². The van der Waals surface area contributed by atoms with Crippen molar-refractivity contribution >= 4 is 41.0 Å². The highest BCUT2D eigenvalue weighted by Crippen LogP contribution is 2.56. The number of likely N-dealkylation sites (tertiary alicyclic amines) is 1. The van der Waals surface area contributed by atoms with Crippen molar-refractivity contribution in [3.8, 4) is 0 Å². The van der Waals surface area contributed by atoms with Gasteiger partial charge in [0.05, 0.1) is 41.9 Å². The Morgan fingerprint density at radius 1 is 1.20 bits per heavy atom. The Bertz CT molecular complexity index is 1270. The summed E-state index contributed by atoms with van der Waals surface area (Å²) in [5.74, 6) is -3.69. The molecule has 5 rings (SSSR count). The molecule has 0 aromatic heterocycles. The number of anilines is 1. The van der Waals surface area contributed by atoms with Crippen molar-refractivity contribution in [2.45, 2.75) is 69.9 Å². The number of para-hydroxylation sites is 1. The van der Waals surface area contributed by atoms with E-state index < -0.39 is 59.5 Å². The minimum Gasteiger partial charge on any atom is -0.460 e. The van der Waals surface area contributed by atoms with Gasteiger partial charge in [-0.1, -0.05) is 55.0 Å². The van der Waals surface area contributed by atoms with Gasteiger partial charge in [-0.05, 0) is 38.3 Å². The largest absolute Gasteiger partial charge is 0.460 e. The Hall–Kier alpha value is -3.21. The van der Waals surface area contributed by atoms with Crippen LogP contribution in [0.15, 0.2) is 42.5 Å². The number of nitrogens with zero attached hydrogens (tertiary/aromatic N) is 2. The molecule has 4 heterocycles. The second-order valence-corrected chi connectivity index (χ2v) is 11.5. The van der Waals surface area contributed by atoms with Gasteiger partial charge in [0.2, 0.25) is 11.8 Å². The molecule has 5 bridgehead atoms. The Kier molecular flexibility index (Phi) is 8.27. The molecular formula is C30H36ClN3O7. The number of carbonyl (C=O) groups is 4. The van der Waals surface area contributed by atoms with Crippen molar-refractivity contribution in [1.29, 1.82) is 0 Å². The van der Waals surface area contributed by atoms with E-state index in [2.05, 4.69) is 5.32 Å². The van der Waals surface area contributed by atoms with E-state index in [0.717, 1.165) is 5.56 Å². The lowest BCUT2D eigenvalue weighted by atomic mass is 9.74. The quantitative estimate of drug-likeness (QED) is 0.410. The molecule has 7 atom stereocenters. The number of halogens is 1. The minimum absolute atomic E-state index is 0.121. The number of hydrogen-bond acceptors (Lipinski definition) is 7. The fourth-order valence-corrected chi connectivity index (χ4v) is 6.87. The van der Waals surface area contributed by atoms with Gasteiger partial charge in [0.1, 0.15) is 23.7 Å². The van der Waals surface area contributed by atoms with Crippen LogP contribution < -0.4 is 10.2 Å². The molecule has 3 amide bonds. The second-order valence-electron chi connectivity index (χ2n) is 11.1. The smallest absolute Gasteiger partial charge is 0.313 e. The van der Waals surface area contributed by atoms with Crippen LogP contribution >= 0.6 is 11.6 Å². The average Bonchev–Trinajstić information content (AvgIpc) is 3.58. The van der Waals surface area contributed by atoms with Crippen molar-refractivity contribution in [1.82, 2.24) is 10.2 Å². The summed E-state index contributed by atoms with van der Waals surface area (Å²) >= 11 is 6.65. The maximum absolute atomic E-state index is 14.8. The number of cyclic esters (lactones) is 1. The van der Waals surface area contributed by atoms with Crippen molar-refractivity contribution in [3.63, 3.8) is 0 Å². The Balaban J connectivity index is 1.65. The third-order valence-corrected chi connectivity index (χ3v) is 8.82. The van der Waals surface area contributed by atoms with Gasteiger partial charge in [0, 0.05) is 13.0 Å². The van der Waals surface area contributed by atoms with Crippen molar-refractivity contribution < 1.29 is 33.8 Å². The van der Waals surface area contributed by atoms with Gasteiger partial charge in [-0.25, -0.2) is 0 Å². The third kappa shape index (κ3) is 4.96. The predicted octanol–water partition coefficient (Wildman–Crippen LogP) is 2.30. The number of carbonyl (C=O) groups excluding carboxylic acids is 4. The van der Waals surface area contributed by atoms with E-state index in [0.29, 0.717) is 23.6 Å². The highest BCUT2D eigenvalue weighted by atomic mass is 35.5. The summed E-state index contributed by atoms with van der Waals surface area (Å²) in [6, 6.07) is 3.50. The number of ether oxygens (including phenoxy) is 2. The number of nitrogens with one attached hydrogen (secondary N) is 1. The van der Waals surface area contributed by atoms with Gasteiger partial charge >= 0.3 is 5.97 Å². The van der Waals surface area contributed by atoms with Gasteiger partial charge in [-0.3, -0.25) is 19.2 Å². The number of rotatable bonds is 4. The third-order valence-electron chi connectivity index (χ3n) is 8.51. The summed E-state index contributed by atoms with van der Waals surface area (Å²) in [4.78, 5) is 57.8. The SMILES string of the molecule is CC[C@@H](CO)N1C(=O)[C@@H]2[C@H]3C(=O)O[C@@H](C)CNC(=O)CC/C=C\CN(c4c(C)cccc4Cl)C(=O)[C@@H]1[C@]21C=C[C@H]3O1. The number of aliphatic hydroxyl groups is 1. The molecule has 0 radical (unpaired) electrons. The fourth-order valence-electron chi connectivity index (χ4n) is 6.54. The maximum atomic E-state index is 14.8. The van der Waals surface area contributed by atoms with Crippen LogP contribution in [0.3, 0.4) is 0 Å². The monoisotopic (exact) mass is 585 g/mol. The molecule has 1 aromatic rings. The lowest BCUT2D eigenvalue weighted by Crippen LogP contribution is -2.58. The molecule has 4 aliphatic heterocycles. The first-order valence-electron chi connectivity index (χ1n) is 14.1. The summed E-state index contributed by atoms with van der Waals surface area (Å²) in [6.45, 7) is 5.23. The highest BCUT2D eigenvalue weighted by Gasteiger charge is 2.74. The van der Waals surface area contributed by atoms with Gasteiger partial charge < -0.3 is 29.7 Å². The number of esters is 1. The van der Waals surface area contributed by atoms with Crippen LogP contribution in [0.5, 0.6) is 0 Å². The van der Waals surface area contributed by atoms with Crippen LogP contribution in [-0.2, 0) is 28.7 Å². The van der Waals surface area contributed by atoms with E-state index in [9.17, 15) is 24.3 Å². The first kappa shape index (κ1) is 29.3. The van der Waals surface area contributed by atoms with E-state index in [1.807, 2.05) is 26.0 Å². The van der Waals surface area contributed by atoms with Gasteiger partial charge in [0.25, 0.3) is 5.91 Å². The number of aryl methyl sites for hydroxylation is 1. The van der Waals surface area contributed by atoms with Gasteiger partial charge in [0.15, 0.2) is 0 Å². The Labute approximate surface area is 244 Å². The summed E-state index contributed by atoms with van der Waals surface area (Å²) in [5.41, 5.74) is -0.176. The van der Waals surface area contributed by atoms with Crippen LogP contribution in [0.1, 0.15) is 38.7 Å². The number of aliphatic hydroxyl groups excluding tert-OH is 1.